The van der Waals surface area contributed by atoms with Gasteiger partial charge in [0.1, 0.15) is 0 Å². The first kappa shape index (κ1) is 21.0. The highest BCUT2D eigenvalue weighted by molar-refractivity contribution is 6.69. The van der Waals surface area contributed by atoms with E-state index in [0.717, 1.165) is 23.7 Å². The smallest absolute Gasteiger partial charge is 0.184 e. The van der Waals surface area contributed by atoms with E-state index in [4.69, 9.17) is 4.43 Å². The van der Waals surface area contributed by atoms with Crippen LogP contribution in [0.4, 0.5) is 0 Å². The van der Waals surface area contributed by atoms with Crippen molar-refractivity contribution in [2.24, 2.45) is 23.7 Å². The maximum Gasteiger partial charge on any atom is 0.184 e. The molecule has 23 heavy (non-hydrogen) atoms. The van der Waals surface area contributed by atoms with Crippen LogP contribution in [0.3, 0.4) is 0 Å². The second kappa shape index (κ2) is 10.0. The number of hydrogen-bond acceptors (Lipinski definition) is 1. The third kappa shape index (κ3) is 8.02. The maximum absolute atomic E-state index is 6.60. The summed E-state index contributed by atoms with van der Waals surface area (Å²) in [6.45, 7) is 16.5. The highest BCUT2D eigenvalue weighted by Crippen LogP contribution is 2.44. The van der Waals surface area contributed by atoms with Gasteiger partial charge in [-0.1, -0.05) is 59.1 Å². The summed E-state index contributed by atoms with van der Waals surface area (Å²) in [5.41, 5.74) is 0. The second-order valence-electron chi connectivity index (χ2n) is 9.13. The number of allylic oxidation sites excluding steroid dienone is 2. The predicted octanol–water partition coefficient (Wildman–Crippen LogP) is 7.05. The first-order valence-corrected chi connectivity index (χ1v) is 13.5. The largest absolute Gasteiger partial charge is 0.414 e. The molecule has 1 saturated carbocycles. The molecule has 0 aromatic carbocycles. The number of rotatable bonds is 10. The van der Waals surface area contributed by atoms with Gasteiger partial charge in [0.15, 0.2) is 8.32 Å². The van der Waals surface area contributed by atoms with Crippen molar-refractivity contribution in [3.05, 3.63) is 12.2 Å². The van der Waals surface area contributed by atoms with E-state index < -0.39 is 8.32 Å². The Morgan fingerprint density at radius 1 is 1.13 bits per heavy atom. The minimum Gasteiger partial charge on any atom is -0.414 e. The molecule has 0 radical (unpaired) electrons. The van der Waals surface area contributed by atoms with Crippen LogP contribution in [-0.4, -0.2) is 14.4 Å². The average Bonchev–Trinajstić information content (AvgIpc) is 2.69. The Balaban J connectivity index is 2.68. The fourth-order valence-corrected chi connectivity index (χ4v) is 5.21. The van der Waals surface area contributed by atoms with E-state index in [1.165, 1.54) is 44.9 Å². The van der Waals surface area contributed by atoms with E-state index >= 15 is 0 Å². The van der Waals surface area contributed by atoms with E-state index in [0.29, 0.717) is 6.10 Å². The van der Waals surface area contributed by atoms with Gasteiger partial charge in [-0.15, -0.1) is 0 Å². The highest BCUT2D eigenvalue weighted by atomic mass is 28.4. The summed E-state index contributed by atoms with van der Waals surface area (Å²) in [6.07, 6.45) is 14.5. The van der Waals surface area contributed by atoms with Crippen molar-refractivity contribution in [1.82, 2.24) is 0 Å². The van der Waals surface area contributed by atoms with Crippen molar-refractivity contribution in [2.45, 2.75) is 98.4 Å². The quantitative estimate of drug-likeness (QED) is 0.235. The lowest BCUT2D eigenvalue weighted by atomic mass is 9.83. The average molecular weight is 339 g/mol. The molecule has 1 aliphatic rings. The minimum atomic E-state index is -1.45. The molecule has 0 aromatic rings. The SMILES string of the molecule is CCCC/C=C\CC1[C@@H](CCC(C)C)[C@H](O[Si](C)(C)C)C[C@@H]1C. The molecule has 2 heteroatoms. The molecule has 0 amide bonds. The molecule has 4 atom stereocenters. The highest BCUT2D eigenvalue weighted by Gasteiger charge is 2.42. The first-order valence-electron chi connectivity index (χ1n) is 10.1. The summed E-state index contributed by atoms with van der Waals surface area (Å²) >= 11 is 0. The van der Waals surface area contributed by atoms with Crippen LogP contribution in [0.25, 0.3) is 0 Å². The van der Waals surface area contributed by atoms with Crippen LogP contribution in [0.5, 0.6) is 0 Å². The predicted molar refractivity (Wildman–Crippen MR) is 106 cm³/mol. The summed E-state index contributed by atoms with van der Waals surface area (Å²) in [6, 6.07) is 0. The Hall–Kier alpha value is -0.0831. The van der Waals surface area contributed by atoms with Crippen LogP contribution in [0.1, 0.15) is 72.6 Å². The summed E-state index contributed by atoms with van der Waals surface area (Å²) in [4.78, 5) is 0. The van der Waals surface area contributed by atoms with Gasteiger partial charge in [-0.25, -0.2) is 0 Å². The van der Waals surface area contributed by atoms with E-state index in [2.05, 4.69) is 59.5 Å². The number of unbranched alkanes of at least 4 members (excludes halogenated alkanes) is 2. The molecule has 1 aliphatic carbocycles. The molecule has 0 spiro atoms. The summed E-state index contributed by atoms with van der Waals surface area (Å²) in [5.74, 6) is 3.21. The first-order chi connectivity index (χ1) is 10.7. The molecule has 1 nitrogen and oxygen atoms in total. The Morgan fingerprint density at radius 2 is 1.83 bits per heavy atom. The van der Waals surface area contributed by atoms with Crippen LogP contribution in [0, 0.1) is 23.7 Å². The molecule has 1 unspecified atom stereocenters. The monoisotopic (exact) mass is 338 g/mol. The van der Waals surface area contributed by atoms with Gasteiger partial charge in [0.2, 0.25) is 0 Å². The minimum absolute atomic E-state index is 0.518. The van der Waals surface area contributed by atoms with Crippen LogP contribution >= 0.6 is 0 Å². The zero-order valence-electron chi connectivity index (χ0n) is 16.9. The fraction of sp³-hybridized carbons (Fsp3) is 0.905. The molecule has 0 aliphatic heterocycles. The van der Waals surface area contributed by atoms with Gasteiger partial charge in [0, 0.05) is 6.10 Å². The van der Waals surface area contributed by atoms with Gasteiger partial charge < -0.3 is 4.43 Å². The van der Waals surface area contributed by atoms with Crippen molar-refractivity contribution in [2.75, 3.05) is 0 Å². The maximum atomic E-state index is 6.60. The van der Waals surface area contributed by atoms with Crippen molar-refractivity contribution >= 4 is 8.32 Å². The summed E-state index contributed by atoms with van der Waals surface area (Å²) in [7, 11) is -1.45. The van der Waals surface area contributed by atoms with E-state index in [1.54, 1.807) is 0 Å². The molecule has 0 aromatic heterocycles. The van der Waals surface area contributed by atoms with E-state index in [9.17, 15) is 0 Å². The van der Waals surface area contributed by atoms with Crippen LogP contribution < -0.4 is 0 Å². The van der Waals surface area contributed by atoms with E-state index in [-0.39, 0.29) is 0 Å². The third-order valence-electron chi connectivity index (χ3n) is 5.24. The Kier molecular flexibility index (Phi) is 9.14. The van der Waals surface area contributed by atoms with Gasteiger partial charge >= 0.3 is 0 Å². The lowest BCUT2D eigenvalue weighted by Crippen LogP contribution is -2.35. The normalized spacial score (nSPS) is 29.0. The molecular weight excluding hydrogens is 296 g/mol. The molecule has 0 saturated heterocycles. The van der Waals surface area contributed by atoms with Gasteiger partial charge in [0.25, 0.3) is 0 Å². The molecule has 0 heterocycles. The zero-order chi connectivity index (χ0) is 17.5. The molecule has 1 fully saturated rings. The van der Waals surface area contributed by atoms with Crippen LogP contribution in [-0.2, 0) is 4.43 Å². The summed E-state index contributed by atoms with van der Waals surface area (Å²) < 4.78 is 6.60. The van der Waals surface area contributed by atoms with Crippen LogP contribution in [0.15, 0.2) is 12.2 Å². The Morgan fingerprint density at radius 3 is 2.39 bits per heavy atom. The molecule has 0 bridgehead atoms. The standard InChI is InChI=1S/C21H42OSi/c1-8-9-10-11-12-13-19-18(4)16-21(22-23(5,6)7)20(19)15-14-17(2)3/h11-12,17-21H,8-10,13-16H2,1-7H3/b12-11-/t18-,19?,20+,21+/m0/s1. The molecular formula is C21H42OSi. The second-order valence-corrected chi connectivity index (χ2v) is 13.6. The van der Waals surface area contributed by atoms with Crippen molar-refractivity contribution in [3.63, 3.8) is 0 Å². The Bertz CT molecular complexity index is 342. The van der Waals surface area contributed by atoms with Crippen LogP contribution in [0.2, 0.25) is 19.6 Å². The van der Waals surface area contributed by atoms with Gasteiger partial charge in [-0.2, -0.15) is 0 Å². The topological polar surface area (TPSA) is 9.23 Å². The molecule has 1 rings (SSSR count). The number of hydrogen-bond donors (Lipinski definition) is 0. The third-order valence-corrected chi connectivity index (χ3v) is 6.25. The zero-order valence-corrected chi connectivity index (χ0v) is 17.9. The van der Waals surface area contributed by atoms with Crippen molar-refractivity contribution in [1.29, 1.82) is 0 Å². The van der Waals surface area contributed by atoms with Gasteiger partial charge in [-0.3, -0.25) is 0 Å². The Labute approximate surface area is 147 Å². The fourth-order valence-electron chi connectivity index (χ4n) is 4.03. The van der Waals surface area contributed by atoms with Crippen molar-refractivity contribution < 1.29 is 4.43 Å². The lowest BCUT2D eigenvalue weighted by Gasteiger charge is -2.30. The van der Waals surface area contributed by atoms with Gasteiger partial charge in [0.05, 0.1) is 0 Å². The lowest BCUT2D eigenvalue weighted by molar-refractivity contribution is 0.124. The molecule has 0 N–H and O–H groups in total. The van der Waals surface area contributed by atoms with Gasteiger partial charge in [-0.05, 0) is 69.0 Å². The van der Waals surface area contributed by atoms with E-state index in [1.807, 2.05) is 0 Å². The molecule has 136 valence electrons. The summed E-state index contributed by atoms with van der Waals surface area (Å²) in [5, 5.41) is 0. The van der Waals surface area contributed by atoms with Crippen molar-refractivity contribution in [3.8, 4) is 0 Å².